The molecule has 3 rings (SSSR count). The third-order valence-corrected chi connectivity index (χ3v) is 4.94. The van der Waals surface area contributed by atoms with Gasteiger partial charge in [-0.3, -0.25) is 14.5 Å². The van der Waals surface area contributed by atoms with Crippen molar-refractivity contribution in [2.24, 2.45) is 23.7 Å². The van der Waals surface area contributed by atoms with E-state index in [2.05, 4.69) is 12.2 Å². The van der Waals surface area contributed by atoms with Crippen molar-refractivity contribution in [1.29, 1.82) is 0 Å². The Morgan fingerprint density at radius 3 is 2.06 bits per heavy atom. The van der Waals surface area contributed by atoms with Crippen LogP contribution in [-0.4, -0.2) is 22.3 Å². The topological polar surface area (TPSA) is 37.4 Å². The Labute approximate surface area is 102 Å². The van der Waals surface area contributed by atoms with E-state index in [9.17, 15) is 9.59 Å². The second-order valence-electron chi connectivity index (χ2n) is 6.18. The molecule has 0 aromatic heterocycles. The molecule has 2 bridgehead atoms. The number of likely N-dealkylation sites (tertiary alicyclic amines) is 1. The largest absolute Gasteiger partial charge is 0.276 e. The third kappa shape index (κ3) is 1.23. The Balaban J connectivity index is 1.98. The molecule has 0 radical (unpaired) electrons. The van der Waals surface area contributed by atoms with E-state index in [1.54, 1.807) is 4.90 Å². The number of carbonyl (C=O) groups excluding carboxylic acids is 2. The summed E-state index contributed by atoms with van der Waals surface area (Å²) in [5.74, 6) is 0.678. The molecule has 2 amide bonds. The van der Waals surface area contributed by atoms with Crippen molar-refractivity contribution < 1.29 is 9.59 Å². The standard InChI is InChI=1S/C14H19NO2/c1-4-14(2,3)15-12(16)10-8-5-6-9(7-8)11(10)13(15)17/h5-6,8-11H,4,7H2,1-3H3/t8-,9+,10-,11+. The van der Waals surface area contributed by atoms with Crippen molar-refractivity contribution in [3.8, 4) is 0 Å². The predicted molar refractivity (Wildman–Crippen MR) is 63.9 cm³/mol. The highest BCUT2D eigenvalue weighted by molar-refractivity contribution is 6.07. The molecule has 0 unspecified atom stereocenters. The number of allylic oxidation sites excluding steroid dienone is 2. The molecule has 3 heteroatoms. The summed E-state index contributed by atoms with van der Waals surface area (Å²) >= 11 is 0. The lowest BCUT2D eigenvalue weighted by Gasteiger charge is -2.34. The summed E-state index contributed by atoms with van der Waals surface area (Å²) in [6.07, 6.45) is 6.10. The Hall–Kier alpha value is -1.12. The summed E-state index contributed by atoms with van der Waals surface area (Å²) in [6, 6.07) is 0. The molecule has 0 aromatic carbocycles. The van der Waals surface area contributed by atoms with Gasteiger partial charge in [0.25, 0.3) is 0 Å². The zero-order valence-electron chi connectivity index (χ0n) is 10.6. The molecular weight excluding hydrogens is 214 g/mol. The van der Waals surface area contributed by atoms with Gasteiger partial charge in [0.05, 0.1) is 11.8 Å². The molecule has 0 spiro atoms. The Morgan fingerprint density at radius 1 is 1.18 bits per heavy atom. The Bertz CT molecular complexity index is 394. The predicted octanol–water partition coefficient (Wildman–Crippen LogP) is 1.98. The number of fused-ring (bicyclic) bond motifs is 5. The minimum absolute atomic E-state index is 0.0525. The van der Waals surface area contributed by atoms with Gasteiger partial charge in [0.15, 0.2) is 0 Å². The zero-order valence-corrected chi connectivity index (χ0v) is 10.6. The number of imide groups is 1. The summed E-state index contributed by atoms with van der Waals surface area (Å²) in [5.41, 5.74) is -0.335. The van der Waals surface area contributed by atoms with Gasteiger partial charge in [-0.25, -0.2) is 0 Å². The fraction of sp³-hybridized carbons (Fsp3) is 0.714. The van der Waals surface area contributed by atoms with Crippen LogP contribution in [0.2, 0.25) is 0 Å². The lowest BCUT2D eigenvalue weighted by Crippen LogP contribution is -2.48. The van der Waals surface area contributed by atoms with E-state index < -0.39 is 0 Å². The maximum atomic E-state index is 12.5. The molecule has 3 aliphatic rings. The Kier molecular flexibility index (Phi) is 2.08. The SMILES string of the molecule is CCC(C)(C)N1C(=O)[C@@H]2[C@H](C1=O)[C@@H]1C=C[C@H]2C1. The maximum absolute atomic E-state index is 12.5. The van der Waals surface area contributed by atoms with Crippen LogP contribution in [0.5, 0.6) is 0 Å². The van der Waals surface area contributed by atoms with Gasteiger partial charge in [0, 0.05) is 5.54 Å². The number of nitrogens with zero attached hydrogens (tertiary/aromatic N) is 1. The van der Waals surface area contributed by atoms with Crippen LogP contribution in [0.3, 0.4) is 0 Å². The van der Waals surface area contributed by atoms with E-state index in [1.807, 2.05) is 20.8 Å². The first-order valence-corrected chi connectivity index (χ1v) is 6.53. The summed E-state index contributed by atoms with van der Waals surface area (Å²) in [5, 5.41) is 0. The van der Waals surface area contributed by atoms with Gasteiger partial charge < -0.3 is 0 Å². The first kappa shape index (κ1) is 11.0. The van der Waals surface area contributed by atoms with Crippen LogP contribution in [-0.2, 0) is 9.59 Å². The van der Waals surface area contributed by atoms with Crippen molar-refractivity contribution >= 4 is 11.8 Å². The van der Waals surface area contributed by atoms with Crippen LogP contribution < -0.4 is 0 Å². The molecule has 0 aromatic rings. The first-order chi connectivity index (χ1) is 7.97. The number of amides is 2. The summed E-state index contributed by atoms with van der Waals surface area (Å²) in [4.78, 5) is 26.5. The van der Waals surface area contributed by atoms with E-state index in [0.29, 0.717) is 11.8 Å². The number of carbonyl (C=O) groups is 2. The van der Waals surface area contributed by atoms with Crippen molar-refractivity contribution in [2.45, 2.75) is 39.2 Å². The monoisotopic (exact) mass is 233 g/mol. The second-order valence-corrected chi connectivity index (χ2v) is 6.18. The minimum atomic E-state index is -0.335. The quantitative estimate of drug-likeness (QED) is 0.540. The highest BCUT2D eigenvalue weighted by Crippen LogP contribution is 2.53. The maximum Gasteiger partial charge on any atom is 0.234 e. The molecule has 2 fully saturated rings. The van der Waals surface area contributed by atoms with Gasteiger partial charge in [-0.1, -0.05) is 19.1 Å². The molecule has 3 nitrogen and oxygen atoms in total. The van der Waals surface area contributed by atoms with Gasteiger partial charge in [0.2, 0.25) is 11.8 Å². The van der Waals surface area contributed by atoms with Crippen molar-refractivity contribution in [2.75, 3.05) is 0 Å². The van der Waals surface area contributed by atoms with E-state index in [0.717, 1.165) is 12.8 Å². The average molecular weight is 233 g/mol. The van der Waals surface area contributed by atoms with Crippen LogP contribution in [0.1, 0.15) is 33.6 Å². The number of rotatable bonds is 2. The second kappa shape index (κ2) is 3.21. The molecule has 92 valence electrons. The van der Waals surface area contributed by atoms with Gasteiger partial charge in [0.1, 0.15) is 0 Å². The number of hydrogen-bond acceptors (Lipinski definition) is 2. The summed E-state index contributed by atoms with van der Waals surface area (Å²) in [7, 11) is 0. The minimum Gasteiger partial charge on any atom is -0.276 e. The van der Waals surface area contributed by atoms with Crippen LogP contribution >= 0.6 is 0 Å². The van der Waals surface area contributed by atoms with Crippen LogP contribution in [0.25, 0.3) is 0 Å². The zero-order chi connectivity index (χ0) is 12.4. The lowest BCUT2D eigenvalue weighted by atomic mass is 9.85. The fourth-order valence-corrected chi connectivity index (χ4v) is 3.66. The van der Waals surface area contributed by atoms with Crippen molar-refractivity contribution in [1.82, 2.24) is 4.90 Å². The lowest BCUT2D eigenvalue weighted by molar-refractivity contribution is -0.147. The van der Waals surface area contributed by atoms with E-state index in [1.165, 1.54) is 0 Å². The van der Waals surface area contributed by atoms with Gasteiger partial charge in [-0.15, -0.1) is 0 Å². The van der Waals surface area contributed by atoms with Crippen LogP contribution in [0, 0.1) is 23.7 Å². The summed E-state index contributed by atoms with van der Waals surface area (Å²) in [6.45, 7) is 6.00. The van der Waals surface area contributed by atoms with Gasteiger partial charge in [-0.05, 0) is 38.5 Å². The molecule has 1 saturated carbocycles. The number of hydrogen-bond donors (Lipinski definition) is 0. The van der Waals surface area contributed by atoms with Crippen LogP contribution in [0.15, 0.2) is 12.2 Å². The van der Waals surface area contributed by atoms with E-state index in [4.69, 9.17) is 0 Å². The van der Waals surface area contributed by atoms with Crippen molar-refractivity contribution in [3.63, 3.8) is 0 Å². The molecule has 4 atom stereocenters. The van der Waals surface area contributed by atoms with Crippen molar-refractivity contribution in [3.05, 3.63) is 12.2 Å². The molecular formula is C14H19NO2. The molecule has 1 heterocycles. The molecule has 2 aliphatic carbocycles. The molecule has 1 saturated heterocycles. The Morgan fingerprint density at radius 2 is 1.65 bits per heavy atom. The molecule has 17 heavy (non-hydrogen) atoms. The summed E-state index contributed by atoms with van der Waals surface area (Å²) < 4.78 is 0. The van der Waals surface area contributed by atoms with Crippen LogP contribution in [0.4, 0.5) is 0 Å². The molecule has 1 aliphatic heterocycles. The van der Waals surface area contributed by atoms with Gasteiger partial charge >= 0.3 is 0 Å². The van der Waals surface area contributed by atoms with Gasteiger partial charge in [-0.2, -0.15) is 0 Å². The normalized spacial score (nSPS) is 39.4. The highest BCUT2D eigenvalue weighted by atomic mass is 16.2. The smallest absolute Gasteiger partial charge is 0.234 e. The van der Waals surface area contributed by atoms with E-state index >= 15 is 0 Å². The van der Waals surface area contributed by atoms with E-state index in [-0.39, 0.29) is 29.2 Å². The molecule has 0 N–H and O–H groups in total. The third-order valence-electron chi connectivity index (χ3n) is 4.94. The fourth-order valence-electron chi connectivity index (χ4n) is 3.66. The average Bonchev–Trinajstić information content (AvgIpc) is 2.92. The first-order valence-electron chi connectivity index (χ1n) is 6.53. The highest BCUT2D eigenvalue weighted by Gasteiger charge is 2.61.